The van der Waals surface area contributed by atoms with Crippen LogP contribution in [0.25, 0.3) is 0 Å². The molecule has 0 aliphatic heterocycles. The van der Waals surface area contributed by atoms with Gasteiger partial charge in [-0.3, -0.25) is 0 Å². The molecule has 1 unspecified atom stereocenters. The molecule has 0 aromatic rings. The Hall–Kier alpha value is -0.300. The molecule has 0 aromatic heterocycles. The fraction of sp³-hybridized carbons (Fsp3) is 0.750. The van der Waals surface area contributed by atoms with E-state index in [0.717, 1.165) is 12.8 Å². The van der Waals surface area contributed by atoms with Crippen LogP contribution >= 0.6 is 0 Å². The minimum atomic E-state index is 0.273. The van der Waals surface area contributed by atoms with Gasteiger partial charge in [0.05, 0.1) is 6.10 Å². The van der Waals surface area contributed by atoms with Gasteiger partial charge in [-0.25, -0.2) is 0 Å². The number of hydrogen-bond donors (Lipinski definition) is 0. The van der Waals surface area contributed by atoms with Crippen LogP contribution in [-0.2, 0) is 4.74 Å². The van der Waals surface area contributed by atoms with Gasteiger partial charge in [0.25, 0.3) is 0 Å². The largest absolute Gasteiger partial charge is 0.377 e. The van der Waals surface area contributed by atoms with E-state index in [1.165, 1.54) is 5.57 Å². The lowest BCUT2D eigenvalue weighted by atomic mass is 10.1. The summed E-state index contributed by atoms with van der Waals surface area (Å²) in [5.41, 5.74) is 1.19. The average molecular weight is 128 g/mol. The van der Waals surface area contributed by atoms with Gasteiger partial charge in [0.15, 0.2) is 0 Å². The monoisotopic (exact) mass is 128 g/mol. The van der Waals surface area contributed by atoms with Gasteiger partial charge in [-0.15, -0.1) is 0 Å². The van der Waals surface area contributed by atoms with Crippen molar-refractivity contribution in [2.24, 2.45) is 0 Å². The molecule has 1 heteroatoms. The van der Waals surface area contributed by atoms with Crippen molar-refractivity contribution in [1.82, 2.24) is 0 Å². The summed E-state index contributed by atoms with van der Waals surface area (Å²) in [5.74, 6) is 0. The van der Waals surface area contributed by atoms with Crippen molar-refractivity contribution in [3.63, 3.8) is 0 Å². The lowest BCUT2D eigenvalue weighted by Crippen LogP contribution is -2.10. The van der Waals surface area contributed by atoms with Crippen LogP contribution in [0.4, 0.5) is 0 Å². The summed E-state index contributed by atoms with van der Waals surface area (Å²) >= 11 is 0. The highest BCUT2D eigenvalue weighted by molar-refractivity contribution is 5.00. The second-order valence-corrected chi connectivity index (χ2v) is 2.14. The van der Waals surface area contributed by atoms with Crippen LogP contribution in [0.5, 0.6) is 0 Å². The number of rotatable bonds is 4. The molecular weight excluding hydrogens is 112 g/mol. The second kappa shape index (κ2) is 4.57. The van der Waals surface area contributed by atoms with Crippen LogP contribution in [0.15, 0.2) is 12.2 Å². The lowest BCUT2D eigenvalue weighted by Gasteiger charge is -2.13. The average Bonchev–Trinajstić information content (AvgIpc) is 1.90. The van der Waals surface area contributed by atoms with Crippen molar-refractivity contribution in [3.05, 3.63) is 12.2 Å². The summed E-state index contributed by atoms with van der Waals surface area (Å²) in [4.78, 5) is 0. The Morgan fingerprint density at radius 1 is 1.56 bits per heavy atom. The molecule has 0 rings (SSSR count). The van der Waals surface area contributed by atoms with E-state index in [4.69, 9.17) is 4.74 Å². The van der Waals surface area contributed by atoms with Crippen molar-refractivity contribution in [1.29, 1.82) is 0 Å². The van der Waals surface area contributed by atoms with Gasteiger partial charge in [0, 0.05) is 7.11 Å². The van der Waals surface area contributed by atoms with E-state index in [2.05, 4.69) is 20.4 Å². The maximum atomic E-state index is 5.15. The van der Waals surface area contributed by atoms with Gasteiger partial charge >= 0.3 is 0 Å². The van der Waals surface area contributed by atoms with Crippen molar-refractivity contribution >= 4 is 0 Å². The Bertz CT molecular complexity index is 82.6. The second-order valence-electron chi connectivity index (χ2n) is 2.14. The van der Waals surface area contributed by atoms with Crippen LogP contribution in [0.2, 0.25) is 0 Å². The van der Waals surface area contributed by atoms with Gasteiger partial charge in [-0.1, -0.05) is 20.4 Å². The number of hydrogen-bond acceptors (Lipinski definition) is 1. The predicted octanol–water partition coefficient (Wildman–Crippen LogP) is 2.38. The lowest BCUT2D eigenvalue weighted by molar-refractivity contribution is 0.126. The molecule has 1 atom stereocenters. The van der Waals surface area contributed by atoms with E-state index in [-0.39, 0.29) is 6.10 Å². The molecule has 0 radical (unpaired) electrons. The zero-order chi connectivity index (χ0) is 7.28. The molecular formula is C8H16O. The van der Waals surface area contributed by atoms with Crippen LogP contribution in [-0.4, -0.2) is 13.2 Å². The molecule has 54 valence electrons. The van der Waals surface area contributed by atoms with Crippen molar-refractivity contribution in [2.75, 3.05) is 7.11 Å². The van der Waals surface area contributed by atoms with Gasteiger partial charge in [-0.05, 0) is 18.4 Å². The molecule has 0 heterocycles. The summed E-state index contributed by atoms with van der Waals surface area (Å²) in [6.07, 6.45) is 2.32. The van der Waals surface area contributed by atoms with E-state index >= 15 is 0 Å². The van der Waals surface area contributed by atoms with Gasteiger partial charge in [-0.2, -0.15) is 0 Å². The summed E-state index contributed by atoms with van der Waals surface area (Å²) < 4.78 is 5.15. The van der Waals surface area contributed by atoms with E-state index in [1.54, 1.807) is 7.11 Å². The van der Waals surface area contributed by atoms with Gasteiger partial charge in [0.1, 0.15) is 0 Å². The maximum absolute atomic E-state index is 5.15. The zero-order valence-electron chi connectivity index (χ0n) is 6.61. The highest BCUT2D eigenvalue weighted by Crippen LogP contribution is 2.10. The fourth-order valence-electron chi connectivity index (χ4n) is 0.850. The number of methoxy groups -OCH3 is 1. The Labute approximate surface area is 57.7 Å². The molecule has 0 aliphatic carbocycles. The molecule has 0 amide bonds. The Morgan fingerprint density at radius 3 is 2.22 bits per heavy atom. The van der Waals surface area contributed by atoms with Crippen LogP contribution in [0.1, 0.15) is 26.7 Å². The third-order valence-corrected chi connectivity index (χ3v) is 1.56. The Morgan fingerprint density at radius 2 is 2.11 bits per heavy atom. The first-order valence-corrected chi connectivity index (χ1v) is 3.46. The first-order valence-electron chi connectivity index (χ1n) is 3.46. The molecule has 0 fully saturated rings. The van der Waals surface area contributed by atoms with E-state index in [0.29, 0.717) is 0 Å². The first-order chi connectivity index (χ1) is 4.26. The smallest absolute Gasteiger partial charge is 0.0775 e. The van der Waals surface area contributed by atoms with Gasteiger partial charge in [0.2, 0.25) is 0 Å². The summed E-state index contributed by atoms with van der Waals surface area (Å²) in [6.45, 7) is 8.10. The van der Waals surface area contributed by atoms with E-state index < -0.39 is 0 Å². The predicted molar refractivity (Wildman–Crippen MR) is 40.5 cm³/mol. The van der Waals surface area contributed by atoms with Crippen LogP contribution < -0.4 is 0 Å². The zero-order valence-corrected chi connectivity index (χ0v) is 6.61. The summed E-state index contributed by atoms with van der Waals surface area (Å²) in [7, 11) is 1.73. The molecule has 1 nitrogen and oxygen atoms in total. The normalized spacial score (nSPS) is 13.2. The molecule has 0 saturated carbocycles. The van der Waals surface area contributed by atoms with E-state index in [9.17, 15) is 0 Å². The number of ether oxygens (including phenoxy) is 1. The molecule has 0 saturated heterocycles. The Kier molecular flexibility index (Phi) is 4.41. The summed E-state index contributed by atoms with van der Waals surface area (Å²) in [6, 6.07) is 0. The topological polar surface area (TPSA) is 9.23 Å². The summed E-state index contributed by atoms with van der Waals surface area (Å²) in [5, 5.41) is 0. The standard InChI is InChI=1S/C8H16O/c1-5-7(3)8(6-2)9-4/h8H,3,5-6H2,1-2,4H3. The van der Waals surface area contributed by atoms with Crippen LogP contribution in [0, 0.1) is 0 Å². The highest BCUT2D eigenvalue weighted by atomic mass is 16.5. The molecule has 0 N–H and O–H groups in total. The minimum Gasteiger partial charge on any atom is -0.377 e. The maximum Gasteiger partial charge on any atom is 0.0775 e. The highest BCUT2D eigenvalue weighted by Gasteiger charge is 2.04. The molecule has 9 heavy (non-hydrogen) atoms. The van der Waals surface area contributed by atoms with Crippen molar-refractivity contribution in [3.8, 4) is 0 Å². The van der Waals surface area contributed by atoms with E-state index in [1.807, 2.05) is 0 Å². The molecule has 0 spiro atoms. The minimum absolute atomic E-state index is 0.273. The van der Waals surface area contributed by atoms with Crippen molar-refractivity contribution in [2.45, 2.75) is 32.8 Å². The third kappa shape index (κ3) is 2.66. The molecule has 0 aromatic carbocycles. The quantitative estimate of drug-likeness (QED) is 0.528. The molecule has 0 aliphatic rings. The van der Waals surface area contributed by atoms with Crippen molar-refractivity contribution < 1.29 is 4.74 Å². The van der Waals surface area contributed by atoms with Crippen LogP contribution in [0.3, 0.4) is 0 Å². The first kappa shape index (κ1) is 8.70. The Balaban J connectivity index is 3.64. The SMILES string of the molecule is C=C(CC)C(CC)OC. The van der Waals surface area contributed by atoms with Gasteiger partial charge < -0.3 is 4.74 Å². The fourth-order valence-corrected chi connectivity index (χ4v) is 0.850. The third-order valence-electron chi connectivity index (χ3n) is 1.56. The molecule has 0 bridgehead atoms.